The molecular formula is C10H17NO. The van der Waals surface area contributed by atoms with Gasteiger partial charge in [0, 0.05) is 19.5 Å². The zero-order valence-corrected chi connectivity index (χ0v) is 7.88. The molecule has 0 bridgehead atoms. The molecule has 0 aromatic carbocycles. The molecule has 68 valence electrons. The summed E-state index contributed by atoms with van der Waals surface area (Å²) in [6.07, 6.45) is 1.69. The maximum atomic E-state index is 9.28. The lowest BCUT2D eigenvalue weighted by Crippen LogP contribution is -2.30. The highest BCUT2D eigenvalue weighted by Crippen LogP contribution is 2.11. The lowest BCUT2D eigenvalue weighted by atomic mass is 10.3. The van der Waals surface area contributed by atoms with Crippen LogP contribution in [0.1, 0.15) is 26.7 Å². The Bertz CT molecular complexity index is 192. The summed E-state index contributed by atoms with van der Waals surface area (Å²) in [6.45, 7) is 5.93. The molecule has 2 atom stereocenters. The predicted octanol–water partition coefficient (Wildman–Crippen LogP) is 0.855. The summed E-state index contributed by atoms with van der Waals surface area (Å²) in [5, 5.41) is 9.28. The molecule has 1 N–H and O–H groups in total. The number of aliphatic hydroxyl groups is 1. The predicted molar refractivity (Wildman–Crippen MR) is 49.7 cm³/mol. The molecule has 1 rings (SSSR count). The van der Waals surface area contributed by atoms with Crippen LogP contribution < -0.4 is 0 Å². The van der Waals surface area contributed by atoms with Crippen molar-refractivity contribution in [2.75, 3.05) is 13.1 Å². The van der Waals surface area contributed by atoms with E-state index in [0.29, 0.717) is 6.04 Å². The zero-order valence-electron chi connectivity index (χ0n) is 7.88. The van der Waals surface area contributed by atoms with Crippen LogP contribution in [0.2, 0.25) is 0 Å². The fourth-order valence-corrected chi connectivity index (χ4v) is 1.46. The summed E-state index contributed by atoms with van der Waals surface area (Å²) in [5.74, 6) is 6.23. The van der Waals surface area contributed by atoms with Crippen molar-refractivity contribution in [3.8, 4) is 11.8 Å². The van der Waals surface area contributed by atoms with Gasteiger partial charge in [-0.2, -0.15) is 0 Å². The van der Waals surface area contributed by atoms with Gasteiger partial charge in [-0.1, -0.05) is 12.8 Å². The maximum absolute atomic E-state index is 9.28. The van der Waals surface area contributed by atoms with Gasteiger partial charge in [-0.3, -0.25) is 4.90 Å². The number of aliphatic hydroxyl groups excluding tert-OH is 1. The van der Waals surface area contributed by atoms with Crippen LogP contribution in [-0.4, -0.2) is 35.2 Å². The standard InChI is InChI=1S/C10H17NO/c1-3-4-5-9(2)11-7-6-10(12)8-11/h9-10,12H,3,6-8H2,1-2H3. The first-order valence-corrected chi connectivity index (χ1v) is 4.64. The average Bonchev–Trinajstić information content (AvgIpc) is 2.47. The average molecular weight is 167 g/mol. The number of likely N-dealkylation sites (tertiary alicyclic amines) is 1. The highest BCUT2D eigenvalue weighted by atomic mass is 16.3. The topological polar surface area (TPSA) is 23.5 Å². The van der Waals surface area contributed by atoms with Gasteiger partial charge in [0.25, 0.3) is 0 Å². The van der Waals surface area contributed by atoms with E-state index in [1.54, 1.807) is 0 Å². The number of nitrogens with zero attached hydrogens (tertiary/aromatic N) is 1. The first-order chi connectivity index (χ1) is 5.74. The van der Waals surface area contributed by atoms with Crippen LogP contribution in [0.25, 0.3) is 0 Å². The second-order valence-electron chi connectivity index (χ2n) is 3.29. The molecular weight excluding hydrogens is 150 g/mol. The van der Waals surface area contributed by atoms with E-state index in [1.807, 2.05) is 0 Å². The van der Waals surface area contributed by atoms with Crippen LogP contribution in [0.15, 0.2) is 0 Å². The second kappa shape index (κ2) is 4.49. The third kappa shape index (κ3) is 2.51. The minimum atomic E-state index is -0.129. The van der Waals surface area contributed by atoms with Crippen molar-refractivity contribution in [2.24, 2.45) is 0 Å². The Kier molecular flexibility index (Phi) is 3.58. The molecule has 0 saturated carbocycles. The molecule has 2 unspecified atom stereocenters. The summed E-state index contributed by atoms with van der Waals surface area (Å²) in [5.41, 5.74) is 0. The summed E-state index contributed by atoms with van der Waals surface area (Å²) in [4.78, 5) is 2.23. The Morgan fingerprint density at radius 1 is 1.67 bits per heavy atom. The minimum Gasteiger partial charge on any atom is -0.392 e. The van der Waals surface area contributed by atoms with Crippen molar-refractivity contribution in [1.82, 2.24) is 4.90 Å². The van der Waals surface area contributed by atoms with Gasteiger partial charge in [-0.15, -0.1) is 5.92 Å². The van der Waals surface area contributed by atoms with Crippen LogP contribution in [0, 0.1) is 11.8 Å². The van der Waals surface area contributed by atoms with E-state index in [4.69, 9.17) is 0 Å². The highest BCUT2D eigenvalue weighted by Gasteiger charge is 2.22. The fraction of sp³-hybridized carbons (Fsp3) is 0.800. The van der Waals surface area contributed by atoms with E-state index in [-0.39, 0.29) is 6.10 Å². The molecule has 1 heterocycles. The molecule has 0 aromatic heterocycles. The van der Waals surface area contributed by atoms with Gasteiger partial charge in [-0.25, -0.2) is 0 Å². The van der Waals surface area contributed by atoms with Crippen LogP contribution in [0.3, 0.4) is 0 Å². The molecule has 1 aliphatic heterocycles. The summed E-state index contributed by atoms with van der Waals surface area (Å²) in [6, 6.07) is 0.307. The zero-order chi connectivity index (χ0) is 8.97. The number of rotatable bonds is 1. The maximum Gasteiger partial charge on any atom is 0.0686 e. The van der Waals surface area contributed by atoms with Crippen molar-refractivity contribution >= 4 is 0 Å². The van der Waals surface area contributed by atoms with Gasteiger partial charge >= 0.3 is 0 Å². The minimum absolute atomic E-state index is 0.129. The van der Waals surface area contributed by atoms with Gasteiger partial charge in [-0.05, 0) is 13.3 Å². The Morgan fingerprint density at radius 3 is 2.92 bits per heavy atom. The summed E-state index contributed by atoms with van der Waals surface area (Å²) >= 11 is 0. The largest absolute Gasteiger partial charge is 0.392 e. The number of hydrogen-bond donors (Lipinski definition) is 1. The lowest BCUT2D eigenvalue weighted by molar-refractivity contribution is 0.172. The quantitative estimate of drug-likeness (QED) is 0.585. The van der Waals surface area contributed by atoms with Crippen molar-refractivity contribution in [1.29, 1.82) is 0 Å². The molecule has 12 heavy (non-hydrogen) atoms. The third-order valence-electron chi connectivity index (χ3n) is 2.23. The van der Waals surface area contributed by atoms with Gasteiger partial charge in [0.2, 0.25) is 0 Å². The third-order valence-corrected chi connectivity index (χ3v) is 2.23. The molecule has 1 fully saturated rings. The van der Waals surface area contributed by atoms with Crippen molar-refractivity contribution in [3.63, 3.8) is 0 Å². The fourth-order valence-electron chi connectivity index (χ4n) is 1.46. The van der Waals surface area contributed by atoms with E-state index in [2.05, 4.69) is 30.6 Å². The van der Waals surface area contributed by atoms with Crippen molar-refractivity contribution < 1.29 is 5.11 Å². The van der Waals surface area contributed by atoms with Crippen molar-refractivity contribution in [3.05, 3.63) is 0 Å². The Labute approximate surface area is 74.6 Å². The van der Waals surface area contributed by atoms with E-state index in [9.17, 15) is 5.11 Å². The van der Waals surface area contributed by atoms with E-state index >= 15 is 0 Å². The second-order valence-corrected chi connectivity index (χ2v) is 3.29. The Hall–Kier alpha value is -0.520. The molecule has 2 heteroatoms. The SMILES string of the molecule is CCC#CC(C)N1CCC(O)C1. The first kappa shape index (κ1) is 9.57. The van der Waals surface area contributed by atoms with E-state index in [0.717, 1.165) is 25.9 Å². The Balaban J connectivity index is 2.37. The van der Waals surface area contributed by atoms with Crippen molar-refractivity contribution in [2.45, 2.75) is 38.8 Å². The summed E-state index contributed by atoms with van der Waals surface area (Å²) in [7, 11) is 0. The molecule has 2 nitrogen and oxygen atoms in total. The molecule has 0 amide bonds. The van der Waals surface area contributed by atoms with E-state index in [1.165, 1.54) is 0 Å². The molecule has 0 spiro atoms. The van der Waals surface area contributed by atoms with Crippen LogP contribution in [-0.2, 0) is 0 Å². The lowest BCUT2D eigenvalue weighted by Gasteiger charge is -2.18. The van der Waals surface area contributed by atoms with Gasteiger partial charge in [0.15, 0.2) is 0 Å². The highest BCUT2D eigenvalue weighted by molar-refractivity contribution is 5.07. The van der Waals surface area contributed by atoms with Gasteiger partial charge in [0.1, 0.15) is 0 Å². The normalized spacial score (nSPS) is 26.4. The van der Waals surface area contributed by atoms with E-state index < -0.39 is 0 Å². The monoisotopic (exact) mass is 167 g/mol. The molecule has 0 radical (unpaired) electrons. The molecule has 1 aliphatic rings. The van der Waals surface area contributed by atoms with Gasteiger partial charge in [0.05, 0.1) is 12.1 Å². The Morgan fingerprint density at radius 2 is 2.42 bits per heavy atom. The van der Waals surface area contributed by atoms with Crippen LogP contribution in [0.4, 0.5) is 0 Å². The van der Waals surface area contributed by atoms with Crippen LogP contribution >= 0.6 is 0 Å². The molecule has 0 aliphatic carbocycles. The number of hydrogen-bond acceptors (Lipinski definition) is 2. The first-order valence-electron chi connectivity index (χ1n) is 4.64. The smallest absolute Gasteiger partial charge is 0.0686 e. The van der Waals surface area contributed by atoms with Gasteiger partial charge < -0.3 is 5.11 Å². The molecule has 1 saturated heterocycles. The molecule has 0 aromatic rings. The summed E-state index contributed by atoms with van der Waals surface area (Å²) < 4.78 is 0. The number of β-amino-alcohol motifs (C(OH)–C–C–N with tert-alkyl or cyclic N) is 1. The van der Waals surface area contributed by atoms with Crippen LogP contribution in [0.5, 0.6) is 0 Å².